The molecule has 256 valence electrons. The van der Waals surface area contributed by atoms with E-state index in [2.05, 4.69) is 0 Å². The zero-order valence-electron chi connectivity index (χ0n) is 27.4. The van der Waals surface area contributed by atoms with Crippen LogP contribution >= 0.6 is 0 Å². The summed E-state index contributed by atoms with van der Waals surface area (Å²) in [5.41, 5.74) is 4.67. The summed E-state index contributed by atoms with van der Waals surface area (Å²) >= 11 is 0. The molecule has 2 fully saturated rings. The molecule has 4 heterocycles. The van der Waals surface area contributed by atoms with Crippen LogP contribution in [-0.4, -0.2) is 98.5 Å². The summed E-state index contributed by atoms with van der Waals surface area (Å²) in [6.07, 6.45) is 0. The Hall–Kier alpha value is -4.69. The van der Waals surface area contributed by atoms with E-state index in [4.69, 9.17) is 28.3 Å². The van der Waals surface area contributed by atoms with Gasteiger partial charge in [-0.05, 0) is 94.8 Å². The number of benzene rings is 4. The van der Waals surface area contributed by atoms with Crippen molar-refractivity contribution in [3.63, 3.8) is 0 Å². The molecule has 0 bridgehead atoms. The number of carbonyl (C=O) groups is 2. The Morgan fingerprint density at radius 2 is 0.900 bits per heavy atom. The van der Waals surface area contributed by atoms with Gasteiger partial charge in [-0.15, -0.1) is 0 Å². The van der Waals surface area contributed by atoms with E-state index < -0.39 is 14.2 Å². The fraction of sp³-hybridized carbons (Fsp3) is 0.278. The summed E-state index contributed by atoms with van der Waals surface area (Å²) in [7, 11) is -1.70. The number of hydrogen-bond donors (Lipinski definition) is 2. The molecule has 0 spiro atoms. The number of nitrogens with zero attached hydrogens (tertiary/aromatic N) is 2. The SMILES string of the molecule is O=C(c1ccc(Oc2ccc3c(c2)COB3O)cc1)N1CCOCC1.O=C(c1ccc(Oc2ccc3c(c2)COB3O)cc1)N1CCOCC1. The van der Waals surface area contributed by atoms with Crippen LogP contribution in [0.5, 0.6) is 23.0 Å². The minimum absolute atomic E-state index is 0.0125. The maximum atomic E-state index is 12.4. The minimum Gasteiger partial charge on any atom is -0.457 e. The predicted molar refractivity (Wildman–Crippen MR) is 184 cm³/mol. The molecule has 14 heteroatoms. The number of carbonyl (C=O) groups excluding carboxylic acids is 2. The van der Waals surface area contributed by atoms with Crippen LogP contribution in [0.2, 0.25) is 0 Å². The zero-order valence-corrected chi connectivity index (χ0v) is 27.4. The van der Waals surface area contributed by atoms with Crippen molar-refractivity contribution in [3.05, 3.63) is 107 Å². The lowest BCUT2D eigenvalue weighted by atomic mass is 9.80. The summed E-state index contributed by atoms with van der Waals surface area (Å²) in [5.74, 6) is 2.67. The smallest absolute Gasteiger partial charge is 0.457 e. The van der Waals surface area contributed by atoms with E-state index >= 15 is 0 Å². The van der Waals surface area contributed by atoms with Crippen LogP contribution in [0.15, 0.2) is 84.9 Å². The number of fused-ring (bicyclic) bond motifs is 2. The van der Waals surface area contributed by atoms with Crippen molar-refractivity contribution in [2.24, 2.45) is 0 Å². The van der Waals surface area contributed by atoms with E-state index in [1.165, 1.54) is 0 Å². The summed E-state index contributed by atoms with van der Waals surface area (Å²) in [4.78, 5) is 28.4. The molecule has 0 atom stereocenters. The normalized spacial score (nSPS) is 16.7. The topological polar surface area (TPSA) is 136 Å². The summed E-state index contributed by atoms with van der Waals surface area (Å²) in [5, 5.41) is 19.3. The van der Waals surface area contributed by atoms with E-state index in [1.54, 1.807) is 82.6 Å². The van der Waals surface area contributed by atoms with Gasteiger partial charge in [-0.3, -0.25) is 9.59 Å². The maximum absolute atomic E-state index is 12.4. The van der Waals surface area contributed by atoms with Crippen LogP contribution in [0.3, 0.4) is 0 Å². The van der Waals surface area contributed by atoms with Crippen molar-refractivity contribution >= 4 is 37.0 Å². The molecule has 2 N–H and O–H groups in total. The van der Waals surface area contributed by atoms with Crippen molar-refractivity contribution in [2.45, 2.75) is 13.2 Å². The average Bonchev–Trinajstić information content (AvgIpc) is 3.73. The van der Waals surface area contributed by atoms with Gasteiger partial charge in [-0.25, -0.2) is 0 Å². The van der Waals surface area contributed by atoms with Gasteiger partial charge in [-0.2, -0.15) is 0 Å². The van der Waals surface area contributed by atoms with Crippen LogP contribution in [0.25, 0.3) is 0 Å². The third-order valence-corrected chi connectivity index (χ3v) is 8.82. The highest BCUT2D eigenvalue weighted by atomic mass is 16.5. The molecule has 2 amide bonds. The summed E-state index contributed by atoms with van der Waals surface area (Å²) < 4.78 is 32.6. The fourth-order valence-corrected chi connectivity index (χ4v) is 6.04. The highest BCUT2D eigenvalue weighted by Gasteiger charge is 2.28. The van der Waals surface area contributed by atoms with Gasteiger partial charge in [-0.1, -0.05) is 12.1 Å². The van der Waals surface area contributed by atoms with E-state index in [1.807, 2.05) is 12.1 Å². The fourth-order valence-electron chi connectivity index (χ4n) is 6.04. The van der Waals surface area contributed by atoms with E-state index in [9.17, 15) is 19.6 Å². The first-order valence-corrected chi connectivity index (χ1v) is 16.6. The zero-order chi connectivity index (χ0) is 34.5. The van der Waals surface area contributed by atoms with Gasteiger partial charge in [0, 0.05) is 37.3 Å². The lowest BCUT2D eigenvalue weighted by Gasteiger charge is -2.26. The van der Waals surface area contributed by atoms with Gasteiger partial charge in [0.2, 0.25) is 0 Å². The monoisotopic (exact) mass is 678 g/mol. The Morgan fingerprint density at radius 3 is 1.28 bits per heavy atom. The molecule has 4 aromatic carbocycles. The van der Waals surface area contributed by atoms with Gasteiger partial charge in [0.05, 0.1) is 39.6 Å². The molecule has 0 saturated carbocycles. The molecule has 0 radical (unpaired) electrons. The second-order valence-electron chi connectivity index (χ2n) is 12.1. The number of rotatable bonds is 6. The molecule has 4 aliphatic rings. The Bertz CT molecular complexity index is 1680. The lowest BCUT2D eigenvalue weighted by molar-refractivity contribution is 0.0301. The molecule has 12 nitrogen and oxygen atoms in total. The average molecular weight is 678 g/mol. The highest BCUT2D eigenvalue weighted by Crippen LogP contribution is 2.26. The Kier molecular flexibility index (Phi) is 10.5. The quantitative estimate of drug-likeness (QED) is 0.293. The second-order valence-corrected chi connectivity index (χ2v) is 12.1. The molecule has 2 saturated heterocycles. The summed E-state index contributed by atoms with van der Waals surface area (Å²) in [6.45, 7) is 5.60. The minimum atomic E-state index is -0.852. The number of ether oxygens (including phenoxy) is 4. The Morgan fingerprint density at radius 1 is 0.540 bits per heavy atom. The van der Waals surface area contributed by atoms with Crippen molar-refractivity contribution in [1.82, 2.24) is 9.80 Å². The van der Waals surface area contributed by atoms with Crippen LogP contribution in [-0.2, 0) is 32.0 Å². The van der Waals surface area contributed by atoms with Gasteiger partial charge in [0.25, 0.3) is 11.8 Å². The Balaban J connectivity index is 0.000000157. The van der Waals surface area contributed by atoms with Gasteiger partial charge < -0.3 is 48.1 Å². The molecular weight excluding hydrogens is 642 g/mol. The second kappa shape index (κ2) is 15.5. The summed E-state index contributed by atoms with van der Waals surface area (Å²) in [6, 6.07) is 25.1. The highest BCUT2D eigenvalue weighted by molar-refractivity contribution is 6.62. The molecule has 4 aromatic rings. The van der Waals surface area contributed by atoms with Crippen LogP contribution < -0.4 is 20.4 Å². The standard InChI is InChI=1S/2C18H18BNO5/c2*21-18(20-7-9-23-10-8-20)13-1-3-15(4-2-13)25-16-5-6-17-14(11-16)12-24-19(17)22/h2*1-6,11,22H,7-10,12H2. The van der Waals surface area contributed by atoms with E-state index in [-0.39, 0.29) is 11.8 Å². The van der Waals surface area contributed by atoms with Crippen LogP contribution in [0, 0.1) is 0 Å². The molecular formula is C36H36B2N2O10. The molecule has 4 aliphatic heterocycles. The number of morpholine rings is 2. The molecule has 0 aromatic heterocycles. The first-order chi connectivity index (χ1) is 24.4. The molecule has 50 heavy (non-hydrogen) atoms. The van der Waals surface area contributed by atoms with Gasteiger partial charge in [0.1, 0.15) is 23.0 Å². The van der Waals surface area contributed by atoms with E-state index in [0.29, 0.717) is 99.9 Å². The number of amides is 2. The van der Waals surface area contributed by atoms with Crippen molar-refractivity contribution < 1.29 is 47.9 Å². The lowest BCUT2D eigenvalue weighted by Crippen LogP contribution is -2.40. The van der Waals surface area contributed by atoms with Crippen LogP contribution in [0.4, 0.5) is 0 Å². The third-order valence-electron chi connectivity index (χ3n) is 8.82. The van der Waals surface area contributed by atoms with Crippen molar-refractivity contribution in [3.8, 4) is 23.0 Å². The largest absolute Gasteiger partial charge is 0.491 e. The third kappa shape index (κ3) is 7.86. The Labute approximate surface area is 290 Å². The van der Waals surface area contributed by atoms with Gasteiger partial charge in [0.15, 0.2) is 0 Å². The van der Waals surface area contributed by atoms with E-state index in [0.717, 1.165) is 22.1 Å². The molecule has 8 rings (SSSR count). The maximum Gasteiger partial charge on any atom is 0.491 e. The molecule has 0 unspecified atom stereocenters. The van der Waals surface area contributed by atoms with Crippen LogP contribution in [0.1, 0.15) is 31.8 Å². The predicted octanol–water partition coefficient (Wildman–Crippen LogP) is 2.34. The molecule has 0 aliphatic carbocycles. The van der Waals surface area contributed by atoms with Gasteiger partial charge >= 0.3 is 14.2 Å². The van der Waals surface area contributed by atoms with Crippen molar-refractivity contribution in [1.29, 1.82) is 0 Å². The first kappa shape index (κ1) is 33.8. The van der Waals surface area contributed by atoms with Crippen molar-refractivity contribution in [2.75, 3.05) is 52.6 Å². The first-order valence-electron chi connectivity index (χ1n) is 16.6. The number of hydrogen-bond acceptors (Lipinski definition) is 10.